The second-order valence-electron chi connectivity index (χ2n) is 14.0. The Morgan fingerprint density at radius 3 is 2.41 bits per heavy atom. The number of benzene rings is 3. The van der Waals surface area contributed by atoms with E-state index in [0.29, 0.717) is 39.8 Å². The Morgan fingerprint density at radius 2 is 1.77 bits per heavy atom. The number of allylic oxidation sites excluding steroid dienone is 2. The van der Waals surface area contributed by atoms with Gasteiger partial charge in [-0.1, -0.05) is 38.1 Å². The molecule has 0 radical (unpaired) electrons. The first-order chi connectivity index (χ1) is 26.8. The summed E-state index contributed by atoms with van der Waals surface area (Å²) in [5.41, 5.74) is 1.46. The van der Waals surface area contributed by atoms with Gasteiger partial charge in [0, 0.05) is 44.0 Å². The topological polar surface area (TPSA) is 88.2 Å². The first-order valence-electron chi connectivity index (χ1n) is 19.0. The number of alkyl halides is 4. The van der Waals surface area contributed by atoms with Gasteiger partial charge in [0.25, 0.3) is 0 Å². The molecule has 4 bridgehead atoms. The van der Waals surface area contributed by atoms with Crippen LogP contribution in [-0.4, -0.2) is 73.6 Å². The highest BCUT2D eigenvalue weighted by molar-refractivity contribution is 5.85. The maximum absolute atomic E-state index is 16.6. The number of aryl methyl sites for hydroxylation is 1. The Hall–Kier alpha value is -5.04. The maximum Gasteiger partial charge on any atom is 0.416 e. The van der Waals surface area contributed by atoms with E-state index in [9.17, 15) is 31.9 Å². The number of hydrogen-bond acceptors (Lipinski definition) is 7. The fourth-order valence-corrected chi connectivity index (χ4v) is 7.19. The molecule has 3 aromatic rings. The van der Waals surface area contributed by atoms with E-state index in [1.807, 2.05) is 32.9 Å². The van der Waals surface area contributed by atoms with E-state index in [4.69, 9.17) is 9.47 Å². The van der Waals surface area contributed by atoms with Crippen LogP contribution in [0.25, 0.3) is 11.1 Å². The first kappa shape index (κ1) is 42.1. The molecule has 1 amide bonds. The van der Waals surface area contributed by atoms with Crippen LogP contribution in [0, 0.1) is 12.7 Å². The van der Waals surface area contributed by atoms with Gasteiger partial charge in [0.15, 0.2) is 0 Å². The third-order valence-electron chi connectivity index (χ3n) is 9.95. The number of carbonyl (C=O) groups excluding carboxylic acids is 3. The molecule has 1 saturated carbocycles. The van der Waals surface area contributed by atoms with Gasteiger partial charge in [-0.3, -0.25) is 19.3 Å². The van der Waals surface area contributed by atoms with E-state index in [2.05, 4.69) is 5.32 Å². The molecular weight excluding hydrogens is 733 g/mol. The number of aldehydes is 1. The number of carbonyl (C=O) groups is 3. The van der Waals surface area contributed by atoms with Gasteiger partial charge in [-0.25, -0.2) is 8.78 Å². The van der Waals surface area contributed by atoms with E-state index < -0.39 is 54.1 Å². The fourth-order valence-electron chi connectivity index (χ4n) is 7.19. The second kappa shape index (κ2) is 18.3. The molecule has 3 aliphatic rings. The van der Waals surface area contributed by atoms with Gasteiger partial charge >= 0.3 is 12.1 Å². The van der Waals surface area contributed by atoms with Crippen molar-refractivity contribution in [2.45, 2.75) is 83.7 Å². The minimum Gasteiger partial charge on any atom is -0.466 e. The average molecular weight is 782 g/mol. The Bertz CT molecular complexity index is 1970. The maximum atomic E-state index is 16.6. The minimum atomic E-state index is -4.93. The molecule has 2 atom stereocenters. The number of fused-ring (bicyclic) bond motifs is 6. The third kappa shape index (κ3) is 9.84. The zero-order valence-electron chi connectivity index (χ0n) is 32.2. The van der Waals surface area contributed by atoms with Gasteiger partial charge in [0.1, 0.15) is 35.8 Å². The van der Waals surface area contributed by atoms with Crippen molar-refractivity contribution < 1.29 is 45.8 Å². The van der Waals surface area contributed by atoms with Crippen LogP contribution < -0.4 is 10.1 Å². The zero-order chi connectivity index (χ0) is 40.7. The number of halogens is 5. The molecule has 2 aliphatic heterocycles. The van der Waals surface area contributed by atoms with Crippen LogP contribution in [-0.2, 0) is 19.1 Å². The number of nitrogens with zero attached hydrogens (tertiary/aromatic N) is 2. The lowest BCUT2D eigenvalue weighted by atomic mass is 9.90. The standard InChI is InChI=1S/C41H42F5N3O5.C2H6/c1-4-53-36(51)20-34-32-19-28(18-31(38(32)43)25-11-12-25)37-24(2)7-5-10-35(37)54-30-9-6-8-26(17-30)39(40(52)47-34)48(3)21-27(13-15-49-22-29(42)23-49)33(14-16-50)41(44,45)46;1-2/h5-10,14,16-19,21,25,29,34,39H,4,11-13,15,20,22-23H2,1-3H3,(H,47,52);1-2H3/b27-21-,33-14+;/t34-,39?;/m0./s1. The SMILES string of the molecule is CC.CCOC(=O)C[C@@H]1NC(=O)C(N(C)/C=C(CCN2CC(F)C2)\C(=C/C=O)C(F)(F)F)c2cccc(c2)Oc2cccc(C)c2-c2cc(C3CC3)c(F)c1c2. The quantitative estimate of drug-likeness (QED) is 0.0683. The van der Waals surface area contributed by atoms with Crippen molar-refractivity contribution in [3.05, 3.63) is 106 Å². The highest BCUT2D eigenvalue weighted by Crippen LogP contribution is 2.47. The Labute approximate surface area is 324 Å². The van der Waals surface area contributed by atoms with Gasteiger partial charge < -0.3 is 19.7 Å². The van der Waals surface area contributed by atoms with E-state index in [-0.39, 0.29) is 56.0 Å². The highest BCUT2D eigenvalue weighted by Gasteiger charge is 2.38. The molecule has 1 saturated heterocycles. The Kier molecular flexibility index (Phi) is 13.7. The van der Waals surface area contributed by atoms with Crippen molar-refractivity contribution in [1.82, 2.24) is 15.1 Å². The summed E-state index contributed by atoms with van der Waals surface area (Å²) in [6.07, 6.45) is -3.48. The van der Waals surface area contributed by atoms with Gasteiger partial charge in [-0.15, -0.1) is 0 Å². The van der Waals surface area contributed by atoms with Crippen LogP contribution in [0.2, 0.25) is 0 Å². The number of likely N-dealkylation sites (tertiary alicyclic amines) is 1. The van der Waals surface area contributed by atoms with Crippen molar-refractivity contribution >= 4 is 18.2 Å². The molecule has 56 heavy (non-hydrogen) atoms. The summed E-state index contributed by atoms with van der Waals surface area (Å²) in [6, 6.07) is 12.8. The molecule has 1 unspecified atom stereocenters. The number of amides is 1. The third-order valence-corrected chi connectivity index (χ3v) is 9.95. The van der Waals surface area contributed by atoms with Crippen LogP contribution in [0.4, 0.5) is 22.0 Å². The summed E-state index contributed by atoms with van der Waals surface area (Å²) in [4.78, 5) is 42.0. The number of rotatable bonds is 11. The van der Waals surface area contributed by atoms with Crippen LogP contribution in [0.15, 0.2) is 78.0 Å². The van der Waals surface area contributed by atoms with E-state index in [1.165, 1.54) is 11.9 Å². The largest absolute Gasteiger partial charge is 0.466 e. The molecule has 3 aromatic carbocycles. The van der Waals surface area contributed by atoms with E-state index in [1.54, 1.807) is 54.3 Å². The van der Waals surface area contributed by atoms with Crippen molar-refractivity contribution in [2.75, 3.05) is 33.3 Å². The molecule has 1 aliphatic carbocycles. The summed E-state index contributed by atoms with van der Waals surface area (Å²) >= 11 is 0. The lowest BCUT2D eigenvalue weighted by Crippen LogP contribution is -2.48. The highest BCUT2D eigenvalue weighted by atomic mass is 19.4. The first-order valence-corrected chi connectivity index (χ1v) is 19.0. The number of esters is 1. The molecule has 1 N–H and O–H groups in total. The molecule has 2 fully saturated rings. The summed E-state index contributed by atoms with van der Waals surface area (Å²) in [6.45, 7) is 7.79. The van der Waals surface area contributed by atoms with Crippen LogP contribution >= 0.6 is 0 Å². The smallest absolute Gasteiger partial charge is 0.416 e. The summed E-state index contributed by atoms with van der Waals surface area (Å²) in [5, 5.41) is 2.86. The van der Waals surface area contributed by atoms with Gasteiger partial charge in [-0.05, 0) is 103 Å². The van der Waals surface area contributed by atoms with Gasteiger partial charge in [0.2, 0.25) is 5.91 Å². The Morgan fingerprint density at radius 1 is 1.07 bits per heavy atom. The van der Waals surface area contributed by atoms with Crippen LogP contribution in [0.5, 0.6) is 11.5 Å². The fraction of sp³-hybridized carbons (Fsp3) is 0.419. The number of nitrogens with one attached hydrogen (secondary N) is 1. The molecule has 6 rings (SSSR count). The van der Waals surface area contributed by atoms with Crippen molar-refractivity contribution in [1.29, 1.82) is 0 Å². The molecule has 300 valence electrons. The molecule has 8 nitrogen and oxygen atoms in total. The van der Waals surface area contributed by atoms with E-state index >= 15 is 4.39 Å². The molecular formula is C43H48F5N3O5. The number of likely N-dealkylation sites (N-methyl/N-ethyl adjacent to an activating group) is 1. The Balaban J connectivity index is 0.00000295. The molecule has 0 aromatic heterocycles. The molecule has 13 heteroatoms. The second-order valence-corrected chi connectivity index (χ2v) is 14.0. The lowest BCUT2D eigenvalue weighted by Gasteiger charge is -2.35. The van der Waals surface area contributed by atoms with Crippen molar-refractivity contribution in [3.8, 4) is 22.6 Å². The molecule has 2 heterocycles. The number of hydrogen-bond donors (Lipinski definition) is 1. The predicted octanol–water partition coefficient (Wildman–Crippen LogP) is 9.21. The van der Waals surface area contributed by atoms with Crippen LogP contribution in [0.1, 0.15) is 86.7 Å². The summed E-state index contributed by atoms with van der Waals surface area (Å²) in [5.74, 6) is -1.27. The normalized spacial score (nSPS) is 19.0. The minimum absolute atomic E-state index is 0.0441. The van der Waals surface area contributed by atoms with Crippen LogP contribution in [0.3, 0.4) is 0 Å². The molecule has 0 spiro atoms. The summed E-state index contributed by atoms with van der Waals surface area (Å²) in [7, 11) is 1.41. The van der Waals surface area contributed by atoms with Gasteiger partial charge in [-0.2, -0.15) is 13.2 Å². The van der Waals surface area contributed by atoms with E-state index in [0.717, 1.165) is 24.6 Å². The van der Waals surface area contributed by atoms with Gasteiger partial charge in [0.05, 0.1) is 24.6 Å². The summed E-state index contributed by atoms with van der Waals surface area (Å²) < 4.78 is 85.1. The zero-order valence-corrected chi connectivity index (χ0v) is 32.2. The average Bonchev–Trinajstić information content (AvgIpc) is 3.98. The van der Waals surface area contributed by atoms with Crippen molar-refractivity contribution in [2.24, 2.45) is 0 Å². The monoisotopic (exact) mass is 781 g/mol. The van der Waals surface area contributed by atoms with Crippen molar-refractivity contribution in [3.63, 3.8) is 0 Å². The number of ether oxygens (including phenoxy) is 2. The predicted molar refractivity (Wildman–Crippen MR) is 203 cm³/mol. The lowest BCUT2D eigenvalue weighted by molar-refractivity contribution is -0.144.